The second-order valence-corrected chi connectivity index (χ2v) is 5.74. The van der Waals surface area contributed by atoms with Crippen LogP contribution in [0.2, 0.25) is 0 Å². The SMILES string of the molecule is CCOc1ccc(NC(=O)c2cccc(C(=O)NC3CC3)c2)cc1. The third kappa shape index (κ3) is 4.13. The number of nitrogens with one attached hydrogen (secondary N) is 2. The van der Waals surface area contributed by atoms with Crippen LogP contribution in [0.15, 0.2) is 48.5 Å². The molecule has 0 atom stereocenters. The van der Waals surface area contributed by atoms with Gasteiger partial charge in [0.25, 0.3) is 11.8 Å². The number of ether oxygens (including phenoxy) is 1. The maximum atomic E-state index is 12.4. The van der Waals surface area contributed by atoms with Crippen LogP contribution in [0.3, 0.4) is 0 Å². The number of hydrogen-bond donors (Lipinski definition) is 2. The van der Waals surface area contributed by atoms with Crippen molar-refractivity contribution >= 4 is 17.5 Å². The van der Waals surface area contributed by atoms with Crippen molar-refractivity contribution in [1.29, 1.82) is 0 Å². The molecule has 0 radical (unpaired) electrons. The lowest BCUT2D eigenvalue weighted by molar-refractivity contribution is 0.0951. The molecule has 2 aromatic rings. The van der Waals surface area contributed by atoms with Gasteiger partial charge in [-0.25, -0.2) is 0 Å². The molecule has 2 N–H and O–H groups in total. The summed E-state index contributed by atoms with van der Waals surface area (Å²) < 4.78 is 5.37. The summed E-state index contributed by atoms with van der Waals surface area (Å²) in [6.45, 7) is 2.52. The molecule has 1 aliphatic carbocycles. The maximum Gasteiger partial charge on any atom is 0.255 e. The minimum Gasteiger partial charge on any atom is -0.494 e. The van der Waals surface area contributed by atoms with Crippen LogP contribution >= 0.6 is 0 Å². The first-order valence-corrected chi connectivity index (χ1v) is 8.11. The van der Waals surface area contributed by atoms with Gasteiger partial charge in [0, 0.05) is 22.9 Å². The highest BCUT2D eigenvalue weighted by molar-refractivity contribution is 6.06. The van der Waals surface area contributed by atoms with Crippen molar-refractivity contribution in [3.8, 4) is 5.75 Å². The van der Waals surface area contributed by atoms with Gasteiger partial charge < -0.3 is 15.4 Å². The van der Waals surface area contributed by atoms with Gasteiger partial charge in [0.05, 0.1) is 6.61 Å². The van der Waals surface area contributed by atoms with Crippen molar-refractivity contribution in [2.75, 3.05) is 11.9 Å². The summed E-state index contributed by atoms with van der Waals surface area (Å²) in [5, 5.41) is 5.74. The van der Waals surface area contributed by atoms with Crippen LogP contribution in [-0.2, 0) is 0 Å². The zero-order valence-corrected chi connectivity index (χ0v) is 13.5. The fraction of sp³-hybridized carbons (Fsp3) is 0.263. The van der Waals surface area contributed by atoms with E-state index in [1.54, 1.807) is 48.5 Å². The van der Waals surface area contributed by atoms with E-state index in [1.807, 2.05) is 6.92 Å². The largest absolute Gasteiger partial charge is 0.494 e. The number of carbonyl (C=O) groups is 2. The van der Waals surface area contributed by atoms with Gasteiger partial charge in [0.1, 0.15) is 5.75 Å². The quantitative estimate of drug-likeness (QED) is 0.857. The fourth-order valence-corrected chi connectivity index (χ4v) is 2.30. The van der Waals surface area contributed by atoms with Gasteiger partial charge >= 0.3 is 0 Å². The highest BCUT2D eigenvalue weighted by Crippen LogP contribution is 2.20. The molecule has 3 rings (SSSR count). The van der Waals surface area contributed by atoms with E-state index < -0.39 is 0 Å². The first-order valence-electron chi connectivity index (χ1n) is 8.11. The molecule has 1 saturated carbocycles. The molecule has 0 saturated heterocycles. The molecule has 0 heterocycles. The minimum absolute atomic E-state index is 0.131. The van der Waals surface area contributed by atoms with Gasteiger partial charge in [0.2, 0.25) is 0 Å². The summed E-state index contributed by atoms with van der Waals surface area (Å²) in [4.78, 5) is 24.4. The molecule has 1 fully saturated rings. The lowest BCUT2D eigenvalue weighted by Gasteiger charge is -2.08. The van der Waals surface area contributed by atoms with Crippen LogP contribution in [0.1, 0.15) is 40.5 Å². The standard InChI is InChI=1S/C19H20N2O3/c1-2-24-17-10-8-16(9-11-17)21-19(23)14-5-3-4-13(12-14)18(22)20-15-6-7-15/h3-5,8-12,15H,2,6-7H2,1H3,(H,20,22)(H,21,23). The highest BCUT2D eigenvalue weighted by atomic mass is 16.5. The molecule has 0 bridgehead atoms. The van der Waals surface area contributed by atoms with E-state index in [4.69, 9.17) is 4.74 Å². The van der Waals surface area contributed by atoms with Crippen LogP contribution in [0, 0.1) is 0 Å². The summed E-state index contributed by atoms with van der Waals surface area (Å²) in [6, 6.07) is 14.2. The van der Waals surface area contributed by atoms with Crippen molar-refractivity contribution in [2.45, 2.75) is 25.8 Å². The summed E-state index contributed by atoms with van der Waals surface area (Å²) in [5.74, 6) is 0.377. The Kier molecular flexibility index (Phi) is 4.79. The molecular formula is C19H20N2O3. The number of carbonyl (C=O) groups excluding carboxylic acids is 2. The zero-order valence-electron chi connectivity index (χ0n) is 13.5. The third-order valence-electron chi connectivity index (χ3n) is 3.72. The van der Waals surface area contributed by atoms with Crippen LogP contribution in [0.5, 0.6) is 5.75 Å². The Bertz CT molecular complexity index is 737. The number of rotatable bonds is 6. The number of benzene rings is 2. The van der Waals surface area contributed by atoms with Gasteiger partial charge in [-0.05, 0) is 62.2 Å². The number of anilines is 1. The molecule has 5 heteroatoms. The van der Waals surface area contributed by atoms with E-state index in [-0.39, 0.29) is 11.8 Å². The Hall–Kier alpha value is -2.82. The summed E-state index contributed by atoms with van der Waals surface area (Å²) in [6.07, 6.45) is 2.06. The maximum absolute atomic E-state index is 12.4. The lowest BCUT2D eigenvalue weighted by atomic mass is 10.1. The average Bonchev–Trinajstić information content (AvgIpc) is 3.41. The molecular weight excluding hydrogens is 304 g/mol. The summed E-state index contributed by atoms with van der Waals surface area (Å²) in [5.41, 5.74) is 1.63. The van der Waals surface area contributed by atoms with Crippen LogP contribution in [0.4, 0.5) is 5.69 Å². The van der Waals surface area contributed by atoms with E-state index in [1.165, 1.54) is 0 Å². The molecule has 2 aromatic carbocycles. The second-order valence-electron chi connectivity index (χ2n) is 5.74. The Morgan fingerprint density at radius 3 is 2.33 bits per heavy atom. The fourth-order valence-electron chi connectivity index (χ4n) is 2.30. The monoisotopic (exact) mass is 324 g/mol. The third-order valence-corrected chi connectivity index (χ3v) is 3.72. The second kappa shape index (κ2) is 7.17. The van der Waals surface area contributed by atoms with Crippen molar-refractivity contribution in [3.05, 3.63) is 59.7 Å². The lowest BCUT2D eigenvalue weighted by Crippen LogP contribution is -2.25. The Balaban J connectivity index is 1.66. The van der Waals surface area contributed by atoms with Gasteiger partial charge in [-0.3, -0.25) is 9.59 Å². The molecule has 0 unspecified atom stereocenters. The molecule has 24 heavy (non-hydrogen) atoms. The van der Waals surface area contributed by atoms with E-state index in [2.05, 4.69) is 10.6 Å². The average molecular weight is 324 g/mol. The first kappa shape index (κ1) is 16.1. The van der Waals surface area contributed by atoms with Gasteiger partial charge in [0.15, 0.2) is 0 Å². The highest BCUT2D eigenvalue weighted by Gasteiger charge is 2.24. The smallest absolute Gasteiger partial charge is 0.255 e. The summed E-state index contributed by atoms with van der Waals surface area (Å²) >= 11 is 0. The topological polar surface area (TPSA) is 67.4 Å². The van der Waals surface area contributed by atoms with Crippen LogP contribution in [0.25, 0.3) is 0 Å². The van der Waals surface area contributed by atoms with Crippen molar-refractivity contribution in [3.63, 3.8) is 0 Å². The van der Waals surface area contributed by atoms with Crippen molar-refractivity contribution in [2.24, 2.45) is 0 Å². The van der Waals surface area contributed by atoms with Gasteiger partial charge in [-0.15, -0.1) is 0 Å². The number of amides is 2. The van der Waals surface area contributed by atoms with Crippen molar-refractivity contribution < 1.29 is 14.3 Å². The normalized spacial score (nSPS) is 13.2. The van der Waals surface area contributed by atoms with Crippen LogP contribution in [-0.4, -0.2) is 24.5 Å². The van der Waals surface area contributed by atoms with Crippen molar-refractivity contribution in [1.82, 2.24) is 5.32 Å². The molecule has 1 aliphatic rings. The van der Waals surface area contributed by atoms with E-state index in [0.717, 1.165) is 18.6 Å². The number of hydrogen-bond acceptors (Lipinski definition) is 3. The molecule has 0 spiro atoms. The molecule has 0 aromatic heterocycles. The Labute approximate surface area is 141 Å². The zero-order chi connectivity index (χ0) is 16.9. The minimum atomic E-state index is -0.250. The van der Waals surface area contributed by atoms with Gasteiger partial charge in [-0.1, -0.05) is 6.07 Å². The first-order chi connectivity index (χ1) is 11.7. The Morgan fingerprint density at radius 2 is 1.71 bits per heavy atom. The van der Waals surface area contributed by atoms with Crippen LogP contribution < -0.4 is 15.4 Å². The predicted octanol–water partition coefficient (Wildman–Crippen LogP) is 3.23. The molecule has 2 amide bonds. The van der Waals surface area contributed by atoms with E-state index in [0.29, 0.717) is 29.5 Å². The molecule has 124 valence electrons. The molecule has 5 nitrogen and oxygen atoms in total. The van der Waals surface area contributed by atoms with E-state index in [9.17, 15) is 9.59 Å². The van der Waals surface area contributed by atoms with Gasteiger partial charge in [-0.2, -0.15) is 0 Å². The molecule has 0 aliphatic heterocycles. The Morgan fingerprint density at radius 1 is 1.04 bits per heavy atom. The summed E-state index contributed by atoms with van der Waals surface area (Å²) in [7, 11) is 0. The van der Waals surface area contributed by atoms with E-state index >= 15 is 0 Å². The predicted molar refractivity (Wildman–Crippen MR) is 92.5 cm³/mol.